The van der Waals surface area contributed by atoms with Crippen LogP contribution in [0, 0.1) is 5.82 Å². The number of alkyl halides is 3. The molecule has 0 spiro atoms. The first-order valence-electron chi connectivity index (χ1n) is 9.47. The zero-order chi connectivity index (χ0) is 22.2. The summed E-state index contributed by atoms with van der Waals surface area (Å²) >= 11 is 1.41. The fourth-order valence-electron chi connectivity index (χ4n) is 3.44. The van der Waals surface area contributed by atoms with Crippen LogP contribution in [0.2, 0.25) is 0 Å². The number of hydrogen-bond donors (Lipinski definition) is 0. The number of rotatable bonds is 4. The Morgan fingerprint density at radius 2 is 1.84 bits per heavy atom. The van der Waals surface area contributed by atoms with Crippen molar-refractivity contribution in [3.05, 3.63) is 94.8 Å². The lowest BCUT2D eigenvalue weighted by Crippen LogP contribution is -2.21. The summed E-state index contributed by atoms with van der Waals surface area (Å²) in [4.78, 5) is 7.41. The van der Waals surface area contributed by atoms with Gasteiger partial charge in [-0.2, -0.15) is 13.2 Å². The molecule has 0 N–H and O–H groups in total. The molecule has 0 unspecified atom stereocenters. The van der Waals surface area contributed by atoms with Gasteiger partial charge in [0.15, 0.2) is 5.13 Å². The maximum absolute atomic E-state index is 13.6. The average molecular weight is 442 g/mol. The molecule has 31 heavy (non-hydrogen) atoms. The van der Waals surface area contributed by atoms with Crippen molar-refractivity contribution in [3.8, 4) is 11.3 Å². The SMILES string of the molecule is C=Cc1sc(N2C=CC(c3cccc(F)c3)=C(C)C2)nc1-c1ccc(C(F)(F)F)cc1. The molecule has 0 aliphatic carbocycles. The van der Waals surface area contributed by atoms with E-state index in [0.717, 1.165) is 33.7 Å². The second kappa shape index (κ2) is 8.15. The number of hydrogen-bond acceptors (Lipinski definition) is 3. The smallest absolute Gasteiger partial charge is 0.320 e. The first-order chi connectivity index (χ1) is 14.8. The molecule has 1 aromatic heterocycles. The number of nitrogens with zero attached hydrogens (tertiary/aromatic N) is 2. The van der Waals surface area contributed by atoms with Gasteiger partial charge < -0.3 is 4.90 Å². The van der Waals surface area contributed by atoms with Crippen LogP contribution in [-0.4, -0.2) is 11.5 Å². The van der Waals surface area contributed by atoms with Crippen LogP contribution in [0.25, 0.3) is 22.9 Å². The van der Waals surface area contributed by atoms with Crippen molar-refractivity contribution in [1.29, 1.82) is 0 Å². The van der Waals surface area contributed by atoms with Crippen LogP contribution < -0.4 is 4.90 Å². The highest BCUT2D eigenvalue weighted by molar-refractivity contribution is 7.17. The lowest BCUT2D eigenvalue weighted by atomic mass is 9.98. The van der Waals surface area contributed by atoms with Crippen molar-refractivity contribution in [1.82, 2.24) is 4.98 Å². The maximum Gasteiger partial charge on any atom is 0.416 e. The van der Waals surface area contributed by atoms with Crippen LogP contribution >= 0.6 is 11.3 Å². The number of anilines is 1. The van der Waals surface area contributed by atoms with Gasteiger partial charge in [-0.3, -0.25) is 0 Å². The molecule has 4 rings (SSSR count). The monoisotopic (exact) mass is 442 g/mol. The normalized spacial score (nSPS) is 14.3. The van der Waals surface area contributed by atoms with Crippen LogP contribution in [0.5, 0.6) is 0 Å². The third kappa shape index (κ3) is 4.32. The zero-order valence-electron chi connectivity index (χ0n) is 16.6. The molecule has 0 fully saturated rings. The lowest BCUT2D eigenvalue weighted by molar-refractivity contribution is -0.137. The molecular weight excluding hydrogens is 424 g/mol. The molecule has 0 radical (unpaired) electrons. The summed E-state index contributed by atoms with van der Waals surface area (Å²) in [6, 6.07) is 11.4. The largest absolute Gasteiger partial charge is 0.416 e. The van der Waals surface area contributed by atoms with E-state index in [2.05, 4.69) is 11.6 Å². The predicted molar refractivity (Wildman–Crippen MR) is 118 cm³/mol. The fourth-order valence-corrected chi connectivity index (χ4v) is 4.36. The summed E-state index contributed by atoms with van der Waals surface area (Å²) in [5, 5.41) is 0.707. The zero-order valence-corrected chi connectivity index (χ0v) is 17.4. The van der Waals surface area contributed by atoms with Gasteiger partial charge in [-0.1, -0.05) is 42.2 Å². The summed E-state index contributed by atoms with van der Waals surface area (Å²) in [7, 11) is 0. The van der Waals surface area contributed by atoms with Gasteiger partial charge in [-0.15, -0.1) is 0 Å². The molecule has 0 amide bonds. The van der Waals surface area contributed by atoms with E-state index in [0.29, 0.717) is 22.9 Å². The molecule has 7 heteroatoms. The fraction of sp³-hybridized carbons (Fsp3) is 0.125. The van der Waals surface area contributed by atoms with Gasteiger partial charge in [-0.05, 0) is 60.1 Å². The van der Waals surface area contributed by atoms with Crippen molar-refractivity contribution in [3.63, 3.8) is 0 Å². The van der Waals surface area contributed by atoms with Crippen molar-refractivity contribution >= 4 is 28.1 Å². The molecular formula is C24H18F4N2S. The molecule has 2 aromatic carbocycles. The minimum Gasteiger partial charge on any atom is -0.320 e. The Kier molecular flexibility index (Phi) is 5.54. The Balaban J connectivity index is 1.62. The van der Waals surface area contributed by atoms with E-state index in [4.69, 9.17) is 0 Å². The van der Waals surface area contributed by atoms with Crippen molar-refractivity contribution < 1.29 is 17.6 Å². The van der Waals surface area contributed by atoms with E-state index in [1.165, 1.54) is 35.6 Å². The maximum atomic E-state index is 13.6. The number of thiazole rings is 1. The summed E-state index contributed by atoms with van der Waals surface area (Å²) in [5.41, 5.74) is 3.31. The van der Waals surface area contributed by atoms with E-state index < -0.39 is 11.7 Å². The molecule has 0 saturated carbocycles. The van der Waals surface area contributed by atoms with Crippen LogP contribution in [0.4, 0.5) is 22.7 Å². The molecule has 2 nitrogen and oxygen atoms in total. The molecule has 0 saturated heterocycles. The minimum absolute atomic E-state index is 0.287. The third-order valence-electron chi connectivity index (χ3n) is 4.98. The molecule has 2 heterocycles. The van der Waals surface area contributed by atoms with Crippen LogP contribution in [0.1, 0.15) is 22.9 Å². The van der Waals surface area contributed by atoms with Crippen LogP contribution in [0.15, 0.2) is 73.0 Å². The van der Waals surface area contributed by atoms with Gasteiger partial charge in [0.2, 0.25) is 0 Å². The molecule has 0 atom stereocenters. The number of allylic oxidation sites excluding steroid dienone is 2. The Morgan fingerprint density at radius 1 is 1.10 bits per heavy atom. The minimum atomic E-state index is -4.38. The van der Waals surface area contributed by atoms with E-state index in [1.54, 1.807) is 12.1 Å². The van der Waals surface area contributed by atoms with E-state index in [1.807, 2.05) is 30.2 Å². The van der Waals surface area contributed by atoms with Crippen molar-refractivity contribution in [2.75, 3.05) is 11.4 Å². The van der Waals surface area contributed by atoms with E-state index in [9.17, 15) is 17.6 Å². The first-order valence-corrected chi connectivity index (χ1v) is 10.3. The summed E-state index contributed by atoms with van der Waals surface area (Å²) < 4.78 is 52.2. The first kappa shape index (κ1) is 21.1. The number of benzene rings is 2. The van der Waals surface area contributed by atoms with Crippen LogP contribution in [-0.2, 0) is 6.18 Å². The molecule has 158 valence electrons. The molecule has 3 aromatic rings. The van der Waals surface area contributed by atoms with Gasteiger partial charge in [0.1, 0.15) is 5.82 Å². The topological polar surface area (TPSA) is 16.1 Å². The number of halogens is 4. The van der Waals surface area contributed by atoms with Gasteiger partial charge in [0, 0.05) is 18.3 Å². The highest BCUT2D eigenvalue weighted by Gasteiger charge is 2.30. The van der Waals surface area contributed by atoms with Gasteiger partial charge in [0.25, 0.3) is 0 Å². The van der Waals surface area contributed by atoms with E-state index >= 15 is 0 Å². The van der Waals surface area contributed by atoms with Gasteiger partial charge in [-0.25, -0.2) is 9.37 Å². The molecule has 1 aliphatic heterocycles. The Morgan fingerprint density at radius 3 is 2.45 bits per heavy atom. The summed E-state index contributed by atoms with van der Waals surface area (Å²) in [6.07, 6.45) is 1.08. The predicted octanol–water partition coefficient (Wildman–Crippen LogP) is 7.42. The molecule has 1 aliphatic rings. The standard InChI is InChI=1S/C24H18F4N2S/c1-3-21-22(16-7-9-18(10-8-16)24(26,27)28)29-23(31-21)30-12-11-20(15(2)14-30)17-5-4-6-19(25)13-17/h3-13H,1,14H2,2H3. The Bertz CT molecular complexity index is 1190. The Labute approximate surface area is 181 Å². The molecule has 0 bridgehead atoms. The quantitative estimate of drug-likeness (QED) is 0.391. The van der Waals surface area contributed by atoms with E-state index in [-0.39, 0.29) is 5.82 Å². The summed E-state index contributed by atoms with van der Waals surface area (Å²) in [5.74, 6) is -0.287. The second-order valence-corrected chi connectivity index (χ2v) is 8.15. The van der Waals surface area contributed by atoms with Gasteiger partial charge in [0.05, 0.1) is 16.1 Å². The second-order valence-electron chi connectivity index (χ2n) is 7.14. The Hall–Kier alpha value is -3.19. The lowest BCUT2D eigenvalue weighted by Gasteiger charge is -2.24. The van der Waals surface area contributed by atoms with Gasteiger partial charge >= 0.3 is 6.18 Å². The highest BCUT2D eigenvalue weighted by atomic mass is 32.1. The highest BCUT2D eigenvalue weighted by Crippen LogP contribution is 2.37. The number of aromatic nitrogens is 1. The van der Waals surface area contributed by atoms with Crippen molar-refractivity contribution in [2.24, 2.45) is 0 Å². The third-order valence-corrected chi connectivity index (χ3v) is 6.07. The van der Waals surface area contributed by atoms with Crippen LogP contribution in [0.3, 0.4) is 0 Å². The van der Waals surface area contributed by atoms with Crippen molar-refractivity contribution in [2.45, 2.75) is 13.1 Å². The summed E-state index contributed by atoms with van der Waals surface area (Å²) in [6.45, 7) is 6.37. The average Bonchev–Trinajstić information content (AvgIpc) is 3.17.